The Bertz CT molecular complexity index is 310. The second kappa shape index (κ2) is 6.77. The molecular formula is C15H26N2. The van der Waals surface area contributed by atoms with E-state index in [0.717, 1.165) is 13.1 Å². The van der Waals surface area contributed by atoms with Crippen LogP contribution < -0.4 is 5.73 Å². The van der Waals surface area contributed by atoms with Crippen LogP contribution in [0.2, 0.25) is 0 Å². The molecule has 1 rings (SSSR count). The second-order valence-electron chi connectivity index (χ2n) is 5.22. The van der Waals surface area contributed by atoms with Crippen LogP contribution in [0.15, 0.2) is 30.3 Å². The van der Waals surface area contributed by atoms with E-state index in [4.69, 9.17) is 5.73 Å². The molecule has 0 aliphatic carbocycles. The van der Waals surface area contributed by atoms with Crippen LogP contribution in [0.5, 0.6) is 0 Å². The van der Waals surface area contributed by atoms with Crippen LogP contribution in [-0.4, -0.2) is 31.6 Å². The molecule has 17 heavy (non-hydrogen) atoms. The summed E-state index contributed by atoms with van der Waals surface area (Å²) in [6.45, 7) is 7.35. The summed E-state index contributed by atoms with van der Waals surface area (Å²) in [4.78, 5) is 2.39. The molecule has 1 aromatic carbocycles. The van der Waals surface area contributed by atoms with Gasteiger partial charge < -0.3 is 10.6 Å². The molecule has 2 heteroatoms. The monoisotopic (exact) mass is 234 g/mol. The van der Waals surface area contributed by atoms with Gasteiger partial charge in [-0.15, -0.1) is 0 Å². The highest BCUT2D eigenvalue weighted by Crippen LogP contribution is 2.23. The van der Waals surface area contributed by atoms with Gasteiger partial charge in [-0.1, -0.05) is 50.6 Å². The molecule has 0 bridgehead atoms. The third-order valence-corrected chi connectivity index (χ3v) is 3.43. The maximum Gasteiger partial charge on any atom is 0.0174 e. The van der Waals surface area contributed by atoms with Gasteiger partial charge in [-0.3, -0.25) is 0 Å². The van der Waals surface area contributed by atoms with E-state index in [1.54, 1.807) is 0 Å². The quantitative estimate of drug-likeness (QED) is 0.786. The van der Waals surface area contributed by atoms with Crippen molar-refractivity contribution in [3.8, 4) is 0 Å². The molecule has 0 aliphatic heterocycles. The molecule has 0 aromatic heterocycles. The Hall–Kier alpha value is -0.860. The average Bonchev–Trinajstić information content (AvgIpc) is 2.37. The van der Waals surface area contributed by atoms with Crippen molar-refractivity contribution in [1.29, 1.82) is 0 Å². The first kappa shape index (κ1) is 14.2. The van der Waals surface area contributed by atoms with Crippen LogP contribution in [0.3, 0.4) is 0 Å². The van der Waals surface area contributed by atoms with E-state index in [9.17, 15) is 0 Å². The van der Waals surface area contributed by atoms with E-state index >= 15 is 0 Å². The lowest BCUT2D eigenvalue weighted by Gasteiger charge is -2.33. The zero-order valence-electron chi connectivity index (χ0n) is 11.4. The Morgan fingerprint density at radius 1 is 1.24 bits per heavy atom. The molecule has 1 unspecified atom stereocenters. The zero-order chi connectivity index (χ0) is 12.7. The highest BCUT2D eigenvalue weighted by atomic mass is 15.1. The van der Waals surface area contributed by atoms with Crippen molar-refractivity contribution in [2.45, 2.75) is 32.1 Å². The summed E-state index contributed by atoms with van der Waals surface area (Å²) in [5.41, 5.74) is 7.39. The van der Waals surface area contributed by atoms with E-state index < -0.39 is 0 Å². The predicted octanol–water partition coefficient (Wildman–Crippen LogP) is 2.63. The van der Waals surface area contributed by atoms with E-state index in [0.29, 0.717) is 6.54 Å². The maximum atomic E-state index is 5.99. The molecule has 0 amide bonds. The molecule has 1 aromatic rings. The second-order valence-corrected chi connectivity index (χ2v) is 5.22. The molecule has 0 heterocycles. The Labute approximate surface area is 106 Å². The SMILES string of the molecule is CCCCN(C)CC(C)(CN)c1ccccc1. The molecule has 0 spiro atoms. The number of benzene rings is 1. The predicted molar refractivity (Wildman–Crippen MR) is 75.3 cm³/mol. The number of hydrogen-bond acceptors (Lipinski definition) is 2. The minimum absolute atomic E-state index is 0.0593. The lowest BCUT2D eigenvalue weighted by Crippen LogP contribution is -2.42. The van der Waals surface area contributed by atoms with Crippen LogP contribution in [0.25, 0.3) is 0 Å². The van der Waals surface area contributed by atoms with Gasteiger partial charge in [0.15, 0.2) is 0 Å². The Balaban J connectivity index is 2.69. The number of unbranched alkanes of at least 4 members (excludes halogenated alkanes) is 1. The average molecular weight is 234 g/mol. The van der Waals surface area contributed by atoms with Crippen molar-refractivity contribution in [3.63, 3.8) is 0 Å². The first-order chi connectivity index (χ1) is 8.12. The van der Waals surface area contributed by atoms with Gasteiger partial charge >= 0.3 is 0 Å². The highest BCUT2D eigenvalue weighted by Gasteiger charge is 2.26. The van der Waals surface area contributed by atoms with Crippen molar-refractivity contribution in [2.24, 2.45) is 5.73 Å². The molecule has 2 N–H and O–H groups in total. The van der Waals surface area contributed by atoms with Crippen LogP contribution in [0.4, 0.5) is 0 Å². The summed E-state index contributed by atoms with van der Waals surface area (Å²) in [7, 11) is 2.19. The lowest BCUT2D eigenvalue weighted by atomic mass is 9.82. The van der Waals surface area contributed by atoms with Crippen molar-refractivity contribution in [1.82, 2.24) is 4.90 Å². The van der Waals surface area contributed by atoms with E-state index in [-0.39, 0.29) is 5.41 Å². The highest BCUT2D eigenvalue weighted by molar-refractivity contribution is 5.25. The zero-order valence-corrected chi connectivity index (χ0v) is 11.4. The molecule has 0 radical (unpaired) electrons. The van der Waals surface area contributed by atoms with E-state index in [2.05, 4.69) is 56.1 Å². The van der Waals surface area contributed by atoms with Crippen LogP contribution in [-0.2, 0) is 5.41 Å². The van der Waals surface area contributed by atoms with Crippen molar-refractivity contribution in [2.75, 3.05) is 26.7 Å². The molecule has 0 saturated heterocycles. The van der Waals surface area contributed by atoms with Gasteiger partial charge in [0.1, 0.15) is 0 Å². The Morgan fingerprint density at radius 3 is 2.41 bits per heavy atom. The summed E-state index contributed by atoms with van der Waals surface area (Å²) in [6, 6.07) is 10.6. The first-order valence-electron chi connectivity index (χ1n) is 6.56. The van der Waals surface area contributed by atoms with Crippen molar-refractivity contribution in [3.05, 3.63) is 35.9 Å². The van der Waals surface area contributed by atoms with Crippen LogP contribution in [0.1, 0.15) is 32.3 Å². The fourth-order valence-electron chi connectivity index (χ4n) is 2.22. The summed E-state index contributed by atoms with van der Waals surface area (Å²) in [6.07, 6.45) is 2.50. The summed E-state index contributed by atoms with van der Waals surface area (Å²) in [5.74, 6) is 0. The molecule has 0 aliphatic rings. The summed E-state index contributed by atoms with van der Waals surface area (Å²) in [5, 5.41) is 0. The van der Waals surface area contributed by atoms with E-state index in [1.807, 2.05) is 0 Å². The first-order valence-corrected chi connectivity index (χ1v) is 6.56. The number of likely N-dealkylation sites (N-methyl/N-ethyl adjacent to an activating group) is 1. The van der Waals surface area contributed by atoms with E-state index in [1.165, 1.54) is 18.4 Å². The molecular weight excluding hydrogens is 208 g/mol. The fraction of sp³-hybridized carbons (Fsp3) is 0.600. The van der Waals surface area contributed by atoms with Gasteiger partial charge in [-0.2, -0.15) is 0 Å². The Kier molecular flexibility index (Phi) is 5.66. The molecule has 0 saturated carbocycles. The Morgan fingerprint density at radius 2 is 1.88 bits per heavy atom. The normalized spacial score (nSPS) is 14.9. The van der Waals surface area contributed by atoms with Crippen LogP contribution in [0, 0.1) is 0 Å². The number of rotatable bonds is 7. The number of nitrogens with zero attached hydrogens (tertiary/aromatic N) is 1. The van der Waals surface area contributed by atoms with Gasteiger partial charge in [-0.05, 0) is 25.6 Å². The summed E-state index contributed by atoms with van der Waals surface area (Å²) >= 11 is 0. The van der Waals surface area contributed by atoms with Crippen LogP contribution >= 0.6 is 0 Å². The third kappa shape index (κ3) is 4.14. The fourth-order valence-corrected chi connectivity index (χ4v) is 2.22. The van der Waals surface area contributed by atoms with Gasteiger partial charge in [-0.25, -0.2) is 0 Å². The standard InChI is InChI=1S/C15H26N2/c1-4-5-11-17(3)13-15(2,12-16)14-9-7-6-8-10-14/h6-10H,4-5,11-13,16H2,1-3H3. The minimum Gasteiger partial charge on any atom is -0.330 e. The maximum absolute atomic E-state index is 5.99. The number of nitrogens with two attached hydrogens (primary N) is 1. The van der Waals surface area contributed by atoms with Gasteiger partial charge in [0.2, 0.25) is 0 Å². The smallest absolute Gasteiger partial charge is 0.0174 e. The topological polar surface area (TPSA) is 29.3 Å². The van der Waals surface area contributed by atoms with Gasteiger partial charge in [0.05, 0.1) is 0 Å². The van der Waals surface area contributed by atoms with Gasteiger partial charge in [0.25, 0.3) is 0 Å². The number of hydrogen-bond donors (Lipinski definition) is 1. The lowest BCUT2D eigenvalue weighted by molar-refractivity contribution is 0.256. The molecule has 1 atom stereocenters. The molecule has 96 valence electrons. The summed E-state index contributed by atoms with van der Waals surface area (Å²) < 4.78 is 0. The minimum atomic E-state index is 0.0593. The third-order valence-electron chi connectivity index (χ3n) is 3.43. The largest absolute Gasteiger partial charge is 0.330 e. The molecule has 2 nitrogen and oxygen atoms in total. The van der Waals surface area contributed by atoms with Gasteiger partial charge in [0, 0.05) is 18.5 Å². The molecule has 0 fully saturated rings. The van der Waals surface area contributed by atoms with Crippen molar-refractivity contribution < 1.29 is 0 Å². The van der Waals surface area contributed by atoms with Crippen molar-refractivity contribution >= 4 is 0 Å².